The number of rotatable bonds is 8. The molecule has 0 fully saturated rings. The van der Waals surface area contributed by atoms with E-state index < -0.39 is 0 Å². The first-order valence-corrected chi connectivity index (χ1v) is 8.17. The molecule has 1 heterocycles. The molecule has 0 saturated carbocycles. The predicted octanol–water partition coefficient (Wildman–Crippen LogP) is 2.70. The van der Waals surface area contributed by atoms with Crippen molar-refractivity contribution in [1.82, 2.24) is 10.3 Å². The Kier molecular flexibility index (Phi) is 6.37. The Balaban J connectivity index is 1.90. The maximum absolute atomic E-state index is 12.2. The number of methoxy groups -OCH3 is 1. The van der Waals surface area contributed by atoms with Crippen LogP contribution >= 0.6 is 0 Å². The van der Waals surface area contributed by atoms with Crippen LogP contribution in [0.4, 0.5) is 0 Å². The quantitative estimate of drug-likeness (QED) is 0.776. The Labute approximate surface area is 142 Å². The average molecular weight is 331 g/mol. The van der Waals surface area contributed by atoms with Gasteiger partial charge in [0.25, 0.3) is 5.91 Å². The van der Waals surface area contributed by atoms with Crippen molar-refractivity contribution >= 4 is 5.91 Å². The van der Waals surface area contributed by atoms with Gasteiger partial charge in [0, 0.05) is 6.54 Å². The summed E-state index contributed by atoms with van der Waals surface area (Å²) in [5.41, 5.74) is 7.36. The van der Waals surface area contributed by atoms with E-state index >= 15 is 0 Å². The van der Waals surface area contributed by atoms with Gasteiger partial charge in [-0.05, 0) is 24.0 Å². The number of nitrogens with two attached hydrogens (primary N) is 1. The van der Waals surface area contributed by atoms with Crippen LogP contribution < -0.4 is 15.8 Å². The lowest BCUT2D eigenvalue weighted by Crippen LogP contribution is -2.26. The largest absolute Gasteiger partial charge is 0.496 e. The number of amides is 1. The average Bonchev–Trinajstić information content (AvgIpc) is 3.10. The van der Waals surface area contributed by atoms with Gasteiger partial charge in [-0.1, -0.05) is 38.5 Å². The van der Waals surface area contributed by atoms with Gasteiger partial charge in [-0.15, -0.1) is 0 Å². The van der Waals surface area contributed by atoms with Gasteiger partial charge in [0.2, 0.25) is 5.89 Å². The van der Waals surface area contributed by atoms with Crippen molar-refractivity contribution < 1.29 is 13.9 Å². The number of aromatic nitrogens is 1. The zero-order chi connectivity index (χ0) is 17.5. The molecule has 0 radical (unpaired) electrons. The van der Waals surface area contributed by atoms with Gasteiger partial charge in [0.05, 0.1) is 13.2 Å². The molecule has 130 valence electrons. The molecule has 1 aromatic heterocycles. The van der Waals surface area contributed by atoms with Crippen LogP contribution in [0.1, 0.15) is 48.3 Å². The van der Waals surface area contributed by atoms with E-state index in [1.54, 1.807) is 7.11 Å². The third-order valence-corrected chi connectivity index (χ3v) is 4.17. The Morgan fingerprint density at radius 1 is 1.42 bits per heavy atom. The number of oxazole rings is 1. The fourth-order valence-electron chi connectivity index (χ4n) is 2.35. The smallest absolute Gasteiger partial charge is 0.273 e. The van der Waals surface area contributed by atoms with Crippen molar-refractivity contribution in [2.75, 3.05) is 13.7 Å². The molecule has 2 atom stereocenters. The molecule has 3 N–H and O–H groups in total. The minimum absolute atomic E-state index is 0.241. The van der Waals surface area contributed by atoms with Crippen LogP contribution in [0.5, 0.6) is 5.75 Å². The second-order valence-corrected chi connectivity index (χ2v) is 5.80. The van der Waals surface area contributed by atoms with Crippen LogP contribution in [0.3, 0.4) is 0 Å². The first-order chi connectivity index (χ1) is 11.6. The fourth-order valence-corrected chi connectivity index (χ4v) is 2.35. The van der Waals surface area contributed by atoms with E-state index in [0.717, 1.165) is 17.7 Å². The summed E-state index contributed by atoms with van der Waals surface area (Å²) in [5.74, 6) is 1.19. The van der Waals surface area contributed by atoms with E-state index in [1.807, 2.05) is 31.2 Å². The zero-order valence-corrected chi connectivity index (χ0v) is 14.4. The van der Waals surface area contributed by atoms with Crippen molar-refractivity contribution in [3.8, 4) is 5.75 Å². The summed E-state index contributed by atoms with van der Waals surface area (Å²) in [6, 6.07) is 7.44. The summed E-state index contributed by atoms with van der Waals surface area (Å²) < 4.78 is 10.7. The number of benzene rings is 1. The highest BCUT2D eigenvalue weighted by Gasteiger charge is 2.20. The van der Waals surface area contributed by atoms with Gasteiger partial charge in [-0.2, -0.15) is 0 Å². The van der Waals surface area contributed by atoms with E-state index in [1.165, 1.54) is 6.26 Å². The number of carbonyl (C=O) groups is 1. The molecule has 0 bridgehead atoms. The van der Waals surface area contributed by atoms with E-state index in [4.69, 9.17) is 14.9 Å². The van der Waals surface area contributed by atoms with Gasteiger partial charge >= 0.3 is 0 Å². The van der Waals surface area contributed by atoms with Crippen molar-refractivity contribution in [3.05, 3.63) is 47.7 Å². The van der Waals surface area contributed by atoms with E-state index in [-0.39, 0.29) is 23.6 Å². The Hall–Kier alpha value is -2.34. The van der Waals surface area contributed by atoms with E-state index in [0.29, 0.717) is 18.9 Å². The summed E-state index contributed by atoms with van der Waals surface area (Å²) in [7, 11) is 1.63. The SMILES string of the molecule is CCC(C)C(N)c1nc(C(=O)NCCc2ccccc2OC)co1. The summed E-state index contributed by atoms with van der Waals surface area (Å²) in [6.45, 7) is 4.57. The van der Waals surface area contributed by atoms with Gasteiger partial charge in [-0.25, -0.2) is 4.98 Å². The van der Waals surface area contributed by atoms with E-state index in [2.05, 4.69) is 17.2 Å². The topological polar surface area (TPSA) is 90.4 Å². The highest BCUT2D eigenvalue weighted by molar-refractivity contribution is 5.91. The lowest BCUT2D eigenvalue weighted by atomic mass is 10.0. The normalized spacial score (nSPS) is 13.3. The van der Waals surface area contributed by atoms with Gasteiger partial charge in [0.15, 0.2) is 5.69 Å². The fraction of sp³-hybridized carbons (Fsp3) is 0.444. The number of nitrogens with one attached hydrogen (secondary N) is 1. The molecule has 0 aliphatic heterocycles. The molecule has 2 rings (SSSR count). The Morgan fingerprint density at radius 2 is 2.17 bits per heavy atom. The molecule has 1 amide bonds. The van der Waals surface area contributed by atoms with Crippen LogP contribution in [0.25, 0.3) is 0 Å². The second-order valence-electron chi connectivity index (χ2n) is 5.80. The summed E-state index contributed by atoms with van der Waals surface area (Å²) in [6.07, 6.45) is 2.95. The minimum Gasteiger partial charge on any atom is -0.496 e. The number of hydrogen-bond donors (Lipinski definition) is 2. The third-order valence-electron chi connectivity index (χ3n) is 4.17. The van der Waals surface area contributed by atoms with Crippen molar-refractivity contribution in [1.29, 1.82) is 0 Å². The third kappa shape index (κ3) is 4.35. The standard InChI is InChI=1S/C18H25N3O3/c1-4-12(2)16(19)18-21-14(11-24-18)17(22)20-10-9-13-7-5-6-8-15(13)23-3/h5-8,11-12,16H,4,9-10,19H2,1-3H3,(H,20,22). The first kappa shape index (κ1) is 18.0. The van der Waals surface area contributed by atoms with Crippen LogP contribution in [0, 0.1) is 5.92 Å². The molecule has 6 heteroatoms. The lowest BCUT2D eigenvalue weighted by molar-refractivity contribution is 0.0949. The molecule has 2 aromatic rings. The van der Waals surface area contributed by atoms with Crippen LogP contribution in [0.15, 0.2) is 34.9 Å². The highest BCUT2D eigenvalue weighted by Crippen LogP contribution is 2.21. The molecule has 6 nitrogen and oxygen atoms in total. The number of hydrogen-bond acceptors (Lipinski definition) is 5. The van der Waals surface area contributed by atoms with Crippen LogP contribution in [-0.2, 0) is 6.42 Å². The predicted molar refractivity (Wildman–Crippen MR) is 91.9 cm³/mol. The molecule has 2 unspecified atom stereocenters. The number of carbonyl (C=O) groups excluding carboxylic acids is 1. The molecule has 0 aliphatic carbocycles. The molecule has 1 aromatic carbocycles. The molecule has 24 heavy (non-hydrogen) atoms. The number of ether oxygens (including phenoxy) is 1. The molecule has 0 spiro atoms. The number of para-hydroxylation sites is 1. The highest BCUT2D eigenvalue weighted by atomic mass is 16.5. The number of nitrogens with zero attached hydrogens (tertiary/aromatic N) is 1. The second kappa shape index (κ2) is 8.49. The summed E-state index contributed by atoms with van der Waals surface area (Å²) in [5, 5.41) is 2.84. The van der Waals surface area contributed by atoms with Crippen LogP contribution in [0.2, 0.25) is 0 Å². The van der Waals surface area contributed by atoms with Gasteiger partial charge in [-0.3, -0.25) is 4.79 Å². The Morgan fingerprint density at radius 3 is 2.88 bits per heavy atom. The van der Waals surface area contributed by atoms with Crippen molar-refractivity contribution in [3.63, 3.8) is 0 Å². The maximum atomic E-state index is 12.2. The van der Waals surface area contributed by atoms with Gasteiger partial charge in [0.1, 0.15) is 12.0 Å². The summed E-state index contributed by atoms with van der Waals surface area (Å²) in [4.78, 5) is 16.4. The van der Waals surface area contributed by atoms with Crippen molar-refractivity contribution in [2.45, 2.75) is 32.7 Å². The zero-order valence-electron chi connectivity index (χ0n) is 14.4. The van der Waals surface area contributed by atoms with E-state index in [9.17, 15) is 4.79 Å². The minimum atomic E-state index is -0.301. The lowest BCUT2D eigenvalue weighted by Gasteiger charge is -2.13. The maximum Gasteiger partial charge on any atom is 0.273 e. The molecule has 0 aliphatic rings. The van der Waals surface area contributed by atoms with Crippen molar-refractivity contribution in [2.24, 2.45) is 11.7 Å². The van der Waals surface area contributed by atoms with Gasteiger partial charge < -0.3 is 20.2 Å². The monoisotopic (exact) mass is 331 g/mol. The molecular formula is C18H25N3O3. The Bertz CT molecular complexity index is 669. The van der Waals surface area contributed by atoms with Crippen LogP contribution in [-0.4, -0.2) is 24.5 Å². The first-order valence-electron chi connectivity index (χ1n) is 8.17. The summed E-state index contributed by atoms with van der Waals surface area (Å²) >= 11 is 0. The molecule has 0 saturated heterocycles. The molecular weight excluding hydrogens is 306 g/mol.